The summed E-state index contributed by atoms with van der Waals surface area (Å²) in [5, 5.41) is 3.78. The number of carbonyl (C=O) groups excluding carboxylic acids is 2. The minimum atomic E-state index is -0.0580. The Balaban J connectivity index is 1.42. The van der Waals surface area contributed by atoms with Crippen LogP contribution in [0.15, 0.2) is 35.0 Å². The molecule has 4 rings (SSSR count). The van der Waals surface area contributed by atoms with E-state index in [1.807, 2.05) is 51.7 Å². The molecule has 2 aliphatic rings. The summed E-state index contributed by atoms with van der Waals surface area (Å²) < 4.78 is 0. The van der Waals surface area contributed by atoms with Crippen LogP contribution in [0.3, 0.4) is 0 Å². The quantitative estimate of drug-likeness (QED) is 0.860. The van der Waals surface area contributed by atoms with Gasteiger partial charge < -0.3 is 9.80 Å². The number of hydrogen-bond donors (Lipinski definition) is 0. The molecular weight excluding hydrogens is 322 g/mol. The van der Waals surface area contributed by atoms with Crippen LogP contribution in [0.25, 0.3) is 0 Å². The van der Waals surface area contributed by atoms with E-state index in [4.69, 9.17) is 0 Å². The summed E-state index contributed by atoms with van der Waals surface area (Å²) in [6.45, 7) is 4.44. The fraction of sp³-hybridized carbons (Fsp3) is 0.389. The number of aromatic nitrogens is 1. The monoisotopic (exact) mass is 341 g/mol. The van der Waals surface area contributed by atoms with E-state index in [1.54, 1.807) is 0 Å². The molecule has 2 aromatic rings. The predicted octanol–water partition coefficient (Wildman–Crippen LogP) is 2.18. The van der Waals surface area contributed by atoms with Gasteiger partial charge in [0.2, 0.25) is 5.91 Å². The minimum absolute atomic E-state index is 0.0466. The first kappa shape index (κ1) is 15.3. The molecule has 0 aliphatic carbocycles. The lowest BCUT2D eigenvalue weighted by atomic mass is 10.0. The molecule has 124 valence electrons. The minimum Gasteiger partial charge on any atom is -0.337 e. The largest absolute Gasteiger partial charge is 0.337 e. The molecule has 0 N–H and O–H groups in total. The van der Waals surface area contributed by atoms with Gasteiger partial charge in [0, 0.05) is 36.6 Å². The van der Waals surface area contributed by atoms with Gasteiger partial charge in [-0.3, -0.25) is 14.6 Å². The fourth-order valence-electron chi connectivity index (χ4n) is 3.70. The van der Waals surface area contributed by atoms with Crippen molar-refractivity contribution < 1.29 is 9.59 Å². The molecule has 0 aromatic carbocycles. The number of nitrogens with zero attached hydrogens (tertiary/aromatic N) is 3. The number of thiophene rings is 1. The molecule has 24 heavy (non-hydrogen) atoms. The van der Waals surface area contributed by atoms with Gasteiger partial charge in [-0.25, -0.2) is 0 Å². The molecule has 0 unspecified atom stereocenters. The Morgan fingerprint density at radius 2 is 2.17 bits per heavy atom. The second kappa shape index (κ2) is 6.02. The van der Waals surface area contributed by atoms with Crippen molar-refractivity contribution in [2.45, 2.75) is 13.5 Å². The molecule has 0 bridgehead atoms. The number of fused-ring (bicyclic) bond motifs is 1. The van der Waals surface area contributed by atoms with E-state index in [0.717, 1.165) is 17.0 Å². The molecule has 6 heteroatoms. The third-order valence-electron chi connectivity index (χ3n) is 4.88. The highest BCUT2D eigenvalue weighted by atomic mass is 32.1. The van der Waals surface area contributed by atoms with Gasteiger partial charge in [0.1, 0.15) is 0 Å². The van der Waals surface area contributed by atoms with E-state index in [1.165, 1.54) is 11.3 Å². The van der Waals surface area contributed by atoms with Gasteiger partial charge in [-0.2, -0.15) is 11.3 Å². The zero-order valence-corrected chi connectivity index (χ0v) is 14.3. The van der Waals surface area contributed by atoms with E-state index in [9.17, 15) is 9.59 Å². The van der Waals surface area contributed by atoms with Crippen LogP contribution in [-0.4, -0.2) is 46.2 Å². The number of likely N-dealkylation sites (tertiary alicyclic amines) is 2. The van der Waals surface area contributed by atoms with Crippen molar-refractivity contribution in [1.29, 1.82) is 0 Å². The number of amides is 2. The summed E-state index contributed by atoms with van der Waals surface area (Å²) in [5.41, 5.74) is 2.62. The number of pyridine rings is 1. The van der Waals surface area contributed by atoms with Gasteiger partial charge in [0.25, 0.3) is 5.91 Å². The van der Waals surface area contributed by atoms with Crippen LogP contribution in [0.4, 0.5) is 0 Å². The Morgan fingerprint density at radius 1 is 1.29 bits per heavy atom. The van der Waals surface area contributed by atoms with E-state index in [2.05, 4.69) is 4.98 Å². The van der Waals surface area contributed by atoms with Crippen molar-refractivity contribution >= 4 is 23.2 Å². The Morgan fingerprint density at radius 3 is 2.88 bits per heavy atom. The van der Waals surface area contributed by atoms with Crippen molar-refractivity contribution in [3.63, 3.8) is 0 Å². The Hall–Kier alpha value is -2.21. The molecule has 0 radical (unpaired) electrons. The van der Waals surface area contributed by atoms with Crippen LogP contribution in [0.5, 0.6) is 0 Å². The summed E-state index contributed by atoms with van der Waals surface area (Å²) in [7, 11) is 0. The fourth-order valence-corrected chi connectivity index (χ4v) is 4.33. The lowest BCUT2D eigenvalue weighted by Crippen LogP contribution is -2.35. The smallest absolute Gasteiger partial charge is 0.254 e. The summed E-state index contributed by atoms with van der Waals surface area (Å²) >= 11 is 1.52. The summed E-state index contributed by atoms with van der Waals surface area (Å²) in [6.07, 6.45) is 0. The van der Waals surface area contributed by atoms with Crippen LogP contribution in [0.1, 0.15) is 21.7 Å². The molecule has 2 atom stereocenters. The van der Waals surface area contributed by atoms with E-state index >= 15 is 0 Å². The Kier molecular flexibility index (Phi) is 3.84. The average Bonchev–Trinajstić information content (AvgIpc) is 3.27. The zero-order chi connectivity index (χ0) is 16.7. The van der Waals surface area contributed by atoms with Crippen molar-refractivity contribution in [2.75, 3.05) is 19.6 Å². The summed E-state index contributed by atoms with van der Waals surface area (Å²) in [6, 6.07) is 7.73. The third-order valence-corrected chi connectivity index (χ3v) is 5.56. The van der Waals surface area contributed by atoms with Gasteiger partial charge in [-0.15, -0.1) is 0 Å². The number of aryl methyl sites for hydroxylation is 1. The first-order chi connectivity index (χ1) is 11.6. The van der Waals surface area contributed by atoms with Crippen LogP contribution < -0.4 is 0 Å². The summed E-state index contributed by atoms with van der Waals surface area (Å²) in [5.74, 6) is 0.386. The molecule has 2 saturated heterocycles. The molecule has 2 aliphatic heterocycles. The van der Waals surface area contributed by atoms with Gasteiger partial charge in [0.05, 0.1) is 23.7 Å². The molecule has 2 aromatic heterocycles. The van der Waals surface area contributed by atoms with Gasteiger partial charge >= 0.3 is 0 Å². The standard InChI is InChI=1S/C18H19N3O2S/c1-12-3-2-4-15(19-12)9-20-7-14-8-21(10-16(14)18(20)23)17(22)13-5-6-24-11-13/h2-6,11,14,16H,7-10H2,1H3/t14-,16+/m1/s1. The first-order valence-electron chi connectivity index (χ1n) is 8.14. The third kappa shape index (κ3) is 2.71. The highest BCUT2D eigenvalue weighted by Gasteiger charge is 2.47. The van der Waals surface area contributed by atoms with Gasteiger partial charge in [0.15, 0.2) is 0 Å². The van der Waals surface area contributed by atoms with Crippen molar-refractivity contribution in [3.05, 3.63) is 52.0 Å². The topological polar surface area (TPSA) is 53.5 Å². The second-order valence-electron chi connectivity index (χ2n) is 6.58. The number of hydrogen-bond acceptors (Lipinski definition) is 4. The molecule has 0 spiro atoms. The molecule has 4 heterocycles. The lowest BCUT2D eigenvalue weighted by Gasteiger charge is -2.21. The summed E-state index contributed by atoms with van der Waals surface area (Å²) in [4.78, 5) is 33.4. The van der Waals surface area contributed by atoms with Crippen molar-refractivity contribution in [1.82, 2.24) is 14.8 Å². The molecule has 0 saturated carbocycles. The van der Waals surface area contributed by atoms with Crippen molar-refractivity contribution in [2.24, 2.45) is 11.8 Å². The van der Waals surface area contributed by atoms with Crippen molar-refractivity contribution in [3.8, 4) is 0 Å². The maximum atomic E-state index is 12.7. The number of carbonyl (C=O) groups is 2. The maximum absolute atomic E-state index is 12.7. The Labute approximate surface area is 144 Å². The molecule has 5 nitrogen and oxygen atoms in total. The van der Waals surface area contributed by atoms with Gasteiger partial charge in [-0.1, -0.05) is 6.07 Å². The van der Waals surface area contributed by atoms with Gasteiger partial charge in [-0.05, 0) is 30.5 Å². The highest BCUT2D eigenvalue weighted by molar-refractivity contribution is 7.08. The van der Waals surface area contributed by atoms with Crippen LogP contribution in [-0.2, 0) is 11.3 Å². The van der Waals surface area contributed by atoms with Crippen LogP contribution in [0, 0.1) is 18.8 Å². The van der Waals surface area contributed by atoms with Crippen LogP contribution in [0.2, 0.25) is 0 Å². The molecule has 2 amide bonds. The Bertz CT molecular complexity index is 774. The van der Waals surface area contributed by atoms with E-state index in [-0.39, 0.29) is 23.7 Å². The predicted molar refractivity (Wildman–Crippen MR) is 91.6 cm³/mol. The lowest BCUT2D eigenvalue weighted by molar-refractivity contribution is -0.131. The molecular formula is C18H19N3O2S. The zero-order valence-electron chi connectivity index (χ0n) is 13.5. The SMILES string of the molecule is Cc1cccc(CN2C[C@@H]3CN(C(=O)c4ccsc4)C[C@@H]3C2=O)n1. The van der Waals surface area contributed by atoms with E-state index in [0.29, 0.717) is 26.2 Å². The average molecular weight is 341 g/mol. The second-order valence-corrected chi connectivity index (χ2v) is 7.36. The molecule has 2 fully saturated rings. The normalized spacial score (nSPS) is 23.0. The number of rotatable bonds is 3. The first-order valence-corrected chi connectivity index (χ1v) is 9.09. The van der Waals surface area contributed by atoms with Crippen LogP contribution >= 0.6 is 11.3 Å². The highest BCUT2D eigenvalue weighted by Crippen LogP contribution is 2.33. The maximum Gasteiger partial charge on any atom is 0.254 e. The van der Waals surface area contributed by atoms with E-state index < -0.39 is 0 Å².